The van der Waals surface area contributed by atoms with Gasteiger partial charge in [0.1, 0.15) is 11.8 Å². The molecule has 5 rings (SSSR count). The molecule has 4 aromatic rings. The molecule has 2 heterocycles. The maximum atomic E-state index is 13.5. The molecule has 3 N–H and O–H groups in total. The van der Waals surface area contributed by atoms with Gasteiger partial charge in [-0.2, -0.15) is 18.3 Å². The third-order valence-electron chi connectivity index (χ3n) is 6.22. The topological polar surface area (TPSA) is 95.1 Å². The van der Waals surface area contributed by atoms with E-state index in [0.29, 0.717) is 29.5 Å². The number of hydrogen-bond acceptors (Lipinski definition) is 5. The van der Waals surface area contributed by atoms with E-state index in [1.54, 1.807) is 48.7 Å². The first-order chi connectivity index (χ1) is 18.3. The van der Waals surface area contributed by atoms with Crippen LogP contribution in [-0.2, 0) is 17.5 Å². The van der Waals surface area contributed by atoms with E-state index in [9.17, 15) is 18.0 Å². The molecule has 2 aromatic carbocycles. The number of carbonyl (C=O) groups excluding carboxylic acids is 1. The average molecular weight is 594 g/mol. The molecule has 40 heavy (non-hydrogen) atoms. The number of rotatable bonds is 9. The van der Waals surface area contributed by atoms with Crippen molar-refractivity contribution >= 4 is 36.4 Å². The van der Waals surface area contributed by atoms with E-state index in [1.165, 1.54) is 0 Å². The third kappa shape index (κ3) is 7.39. The van der Waals surface area contributed by atoms with Crippen LogP contribution in [0.25, 0.3) is 5.69 Å². The minimum Gasteiger partial charge on any atom is -0.367 e. The first-order valence-electron chi connectivity index (χ1n) is 12.2. The second-order valence-corrected chi connectivity index (χ2v) is 9.19. The van der Waals surface area contributed by atoms with Crippen LogP contribution in [0.4, 0.5) is 18.9 Å². The summed E-state index contributed by atoms with van der Waals surface area (Å²) >= 11 is 0. The molecule has 1 amide bonds. The molecule has 212 valence electrons. The van der Waals surface area contributed by atoms with Crippen molar-refractivity contribution in [1.29, 1.82) is 0 Å². The SMILES string of the molecule is Cl.Cl.NCc1cccc(-n2nc(C(F)(F)F)cc2C(=O)Nc2cccc(C(OCC3CC3)c3ccccn3)c2)c1. The molecule has 2 aromatic heterocycles. The van der Waals surface area contributed by atoms with Crippen LogP contribution < -0.4 is 11.1 Å². The lowest BCUT2D eigenvalue weighted by atomic mass is 10.0. The van der Waals surface area contributed by atoms with E-state index in [-0.39, 0.29) is 37.1 Å². The van der Waals surface area contributed by atoms with Gasteiger partial charge < -0.3 is 15.8 Å². The van der Waals surface area contributed by atoms with E-state index >= 15 is 0 Å². The van der Waals surface area contributed by atoms with Gasteiger partial charge in [0.05, 0.1) is 18.0 Å². The molecule has 0 bridgehead atoms. The Labute approximate surface area is 241 Å². The maximum absolute atomic E-state index is 13.5. The third-order valence-corrected chi connectivity index (χ3v) is 6.22. The highest BCUT2D eigenvalue weighted by Gasteiger charge is 2.36. The molecule has 1 fully saturated rings. The van der Waals surface area contributed by atoms with Gasteiger partial charge in [0, 0.05) is 24.5 Å². The highest BCUT2D eigenvalue weighted by atomic mass is 35.5. The summed E-state index contributed by atoms with van der Waals surface area (Å²) in [7, 11) is 0. The predicted molar refractivity (Wildman–Crippen MR) is 150 cm³/mol. The Bertz CT molecular complexity index is 1430. The van der Waals surface area contributed by atoms with Crippen molar-refractivity contribution in [2.45, 2.75) is 31.7 Å². The number of alkyl halides is 3. The van der Waals surface area contributed by atoms with Crippen molar-refractivity contribution in [2.24, 2.45) is 11.7 Å². The summed E-state index contributed by atoms with van der Waals surface area (Å²) in [4.78, 5) is 17.7. The normalized spacial score (nSPS) is 13.6. The Morgan fingerprint density at radius 1 is 1.05 bits per heavy atom. The van der Waals surface area contributed by atoms with Crippen LogP contribution in [0.3, 0.4) is 0 Å². The number of carbonyl (C=O) groups is 1. The summed E-state index contributed by atoms with van der Waals surface area (Å²) in [6.45, 7) is 0.787. The van der Waals surface area contributed by atoms with Gasteiger partial charge in [-0.15, -0.1) is 24.8 Å². The van der Waals surface area contributed by atoms with E-state index < -0.39 is 23.9 Å². The summed E-state index contributed by atoms with van der Waals surface area (Å²) in [5.74, 6) is -0.207. The Balaban J connectivity index is 0.00000220. The van der Waals surface area contributed by atoms with Crippen molar-refractivity contribution < 1.29 is 22.7 Å². The molecule has 0 saturated heterocycles. The van der Waals surface area contributed by atoms with Gasteiger partial charge >= 0.3 is 6.18 Å². The van der Waals surface area contributed by atoms with E-state index in [1.807, 2.05) is 24.3 Å². The zero-order chi connectivity index (χ0) is 26.7. The molecular weight excluding hydrogens is 566 g/mol. The molecule has 0 spiro atoms. The summed E-state index contributed by atoms with van der Waals surface area (Å²) in [5, 5.41) is 6.40. The molecule has 12 heteroatoms. The number of nitrogens with zero attached hydrogens (tertiary/aromatic N) is 3. The zero-order valence-corrected chi connectivity index (χ0v) is 22.8. The van der Waals surface area contributed by atoms with Gasteiger partial charge in [-0.25, -0.2) is 4.68 Å². The zero-order valence-electron chi connectivity index (χ0n) is 21.2. The minimum absolute atomic E-state index is 0. The smallest absolute Gasteiger partial charge is 0.367 e. The number of halogens is 5. The Morgan fingerprint density at radius 3 is 2.50 bits per heavy atom. The quantitative estimate of drug-likeness (QED) is 0.235. The highest BCUT2D eigenvalue weighted by Crippen LogP contribution is 2.34. The van der Waals surface area contributed by atoms with Gasteiger partial charge in [0.25, 0.3) is 5.91 Å². The van der Waals surface area contributed by atoms with Gasteiger partial charge in [-0.05, 0) is 66.3 Å². The van der Waals surface area contributed by atoms with Crippen molar-refractivity contribution in [1.82, 2.24) is 14.8 Å². The summed E-state index contributed by atoms with van der Waals surface area (Å²) in [6.07, 6.45) is -1.22. The number of aromatic nitrogens is 3. The number of anilines is 1. The van der Waals surface area contributed by atoms with Crippen molar-refractivity contribution in [3.63, 3.8) is 0 Å². The number of pyridine rings is 1. The summed E-state index contributed by atoms with van der Waals surface area (Å²) in [5.41, 5.74) is 7.15. The summed E-state index contributed by atoms with van der Waals surface area (Å²) < 4.78 is 47.7. The lowest BCUT2D eigenvalue weighted by Crippen LogP contribution is -2.17. The number of nitrogens with two attached hydrogens (primary N) is 1. The standard InChI is InChI=1S/C28H26F3N5O2.2ClH/c29-28(30,31)25-15-24(36(35-25)22-8-3-5-19(13-22)16-32)27(37)34-21-7-4-6-20(14-21)26(38-17-18-10-11-18)23-9-1-2-12-33-23;;/h1-9,12-15,18,26H,10-11,16-17,32H2,(H,34,37);2*1H. The monoisotopic (exact) mass is 593 g/mol. The number of amides is 1. The molecule has 7 nitrogen and oxygen atoms in total. The van der Waals surface area contributed by atoms with E-state index in [0.717, 1.165) is 34.8 Å². The molecule has 1 aliphatic carbocycles. The molecule has 1 atom stereocenters. The molecule has 1 unspecified atom stereocenters. The molecule has 0 radical (unpaired) electrons. The van der Waals surface area contributed by atoms with Gasteiger partial charge in [-0.1, -0.05) is 30.3 Å². The number of ether oxygens (including phenoxy) is 1. The van der Waals surface area contributed by atoms with Crippen LogP contribution in [0, 0.1) is 5.92 Å². The second kappa shape index (κ2) is 13.3. The lowest BCUT2D eigenvalue weighted by Gasteiger charge is -2.19. The summed E-state index contributed by atoms with van der Waals surface area (Å²) in [6, 6.07) is 19.9. The minimum atomic E-state index is -4.72. The molecule has 1 saturated carbocycles. The predicted octanol–water partition coefficient (Wildman–Crippen LogP) is 6.36. The van der Waals surface area contributed by atoms with Crippen LogP contribution in [0.15, 0.2) is 79.0 Å². The number of benzene rings is 2. The first kappa shape index (κ1) is 31.1. The van der Waals surface area contributed by atoms with Gasteiger partial charge in [0.15, 0.2) is 5.69 Å². The van der Waals surface area contributed by atoms with Crippen molar-refractivity contribution in [2.75, 3.05) is 11.9 Å². The van der Waals surface area contributed by atoms with Crippen LogP contribution in [-0.4, -0.2) is 27.3 Å². The molecule has 1 aliphatic rings. The lowest BCUT2D eigenvalue weighted by molar-refractivity contribution is -0.141. The van der Waals surface area contributed by atoms with Gasteiger partial charge in [-0.3, -0.25) is 9.78 Å². The number of hydrogen-bond donors (Lipinski definition) is 2. The van der Waals surface area contributed by atoms with E-state index in [4.69, 9.17) is 10.5 Å². The first-order valence-corrected chi connectivity index (χ1v) is 12.2. The van der Waals surface area contributed by atoms with Crippen LogP contribution in [0.5, 0.6) is 0 Å². The van der Waals surface area contributed by atoms with Gasteiger partial charge in [0.2, 0.25) is 0 Å². The van der Waals surface area contributed by atoms with Crippen LogP contribution in [0.2, 0.25) is 0 Å². The maximum Gasteiger partial charge on any atom is 0.435 e. The Morgan fingerprint density at radius 2 is 1.82 bits per heavy atom. The van der Waals surface area contributed by atoms with Crippen molar-refractivity contribution in [3.05, 3.63) is 107 Å². The van der Waals surface area contributed by atoms with Crippen LogP contribution >= 0.6 is 24.8 Å². The Kier molecular flexibility index (Phi) is 10.3. The van der Waals surface area contributed by atoms with E-state index in [2.05, 4.69) is 15.4 Å². The second-order valence-electron chi connectivity index (χ2n) is 9.19. The number of nitrogens with one attached hydrogen (secondary N) is 1. The molecule has 0 aliphatic heterocycles. The van der Waals surface area contributed by atoms with Crippen molar-refractivity contribution in [3.8, 4) is 5.69 Å². The average Bonchev–Trinajstić information content (AvgIpc) is 3.63. The Hall–Kier alpha value is -3.44. The fourth-order valence-corrected chi connectivity index (χ4v) is 4.07. The highest BCUT2D eigenvalue weighted by molar-refractivity contribution is 6.03. The largest absolute Gasteiger partial charge is 0.435 e. The fraction of sp³-hybridized carbons (Fsp3) is 0.250. The molecular formula is C28H28Cl2F3N5O2. The van der Waals surface area contributed by atoms with Crippen LogP contribution in [0.1, 0.15) is 51.9 Å². The fourth-order valence-electron chi connectivity index (χ4n) is 4.07.